The van der Waals surface area contributed by atoms with Gasteiger partial charge in [0.05, 0.1) is 23.6 Å². The second kappa shape index (κ2) is 6.32. The van der Waals surface area contributed by atoms with Gasteiger partial charge in [0.25, 0.3) is 5.56 Å². The van der Waals surface area contributed by atoms with E-state index in [1.165, 1.54) is 0 Å². The van der Waals surface area contributed by atoms with Crippen LogP contribution in [0.5, 0.6) is 0 Å². The van der Waals surface area contributed by atoms with Gasteiger partial charge in [-0.3, -0.25) is 14.4 Å². The molecule has 0 aliphatic carbocycles. The Morgan fingerprint density at radius 2 is 1.84 bits per heavy atom. The molecule has 4 nitrogen and oxygen atoms in total. The molecule has 4 heteroatoms. The quantitative estimate of drug-likeness (QED) is 0.693. The van der Waals surface area contributed by atoms with Crippen LogP contribution in [-0.2, 0) is 13.0 Å². The molecule has 0 N–H and O–H groups in total. The molecule has 1 aliphatic heterocycles. The summed E-state index contributed by atoms with van der Waals surface area (Å²) in [6.07, 6.45) is 2.32. The average Bonchev–Trinajstić information content (AvgIpc) is 2.80. The Hall–Kier alpha value is -3.27. The lowest BCUT2D eigenvalue weighted by Gasteiger charge is -2.13. The molecule has 0 spiro atoms. The average molecular weight is 327 g/mol. The molecule has 0 saturated heterocycles. The zero-order valence-corrected chi connectivity index (χ0v) is 13.7. The monoisotopic (exact) mass is 327 g/mol. The predicted molar refractivity (Wildman–Crippen MR) is 99.5 cm³/mol. The minimum atomic E-state index is -0.0844. The fourth-order valence-corrected chi connectivity index (χ4v) is 3.15. The first-order valence-electron chi connectivity index (χ1n) is 8.20. The van der Waals surface area contributed by atoms with Crippen molar-refractivity contribution in [1.29, 1.82) is 0 Å². The molecule has 0 atom stereocenters. The van der Waals surface area contributed by atoms with Crippen LogP contribution in [0.25, 0.3) is 5.69 Å². The summed E-state index contributed by atoms with van der Waals surface area (Å²) in [5, 5.41) is 0. The van der Waals surface area contributed by atoms with E-state index in [0.717, 1.165) is 28.2 Å². The molecule has 1 aromatic heterocycles. The van der Waals surface area contributed by atoms with Crippen LogP contribution < -0.4 is 5.56 Å². The molecule has 1 aliphatic rings. The van der Waals surface area contributed by atoms with E-state index in [1.54, 1.807) is 16.7 Å². The molecule has 2 aromatic carbocycles. The van der Waals surface area contributed by atoms with Crippen molar-refractivity contribution in [3.63, 3.8) is 0 Å². The van der Waals surface area contributed by atoms with Crippen molar-refractivity contribution >= 4 is 5.71 Å². The zero-order valence-electron chi connectivity index (χ0n) is 13.7. The van der Waals surface area contributed by atoms with Crippen molar-refractivity contribution in [2.24, 2.45) is 4.99 Å². The summed E-state index contributed by atoms with van der Waals surface area (Å²) in [5.41, 5.74) is 4.31. The van der Waals surface area contributed by atoms with Crippen LogP contribution >= 0.6 is 0 Å². The molecular formula is C21H17N3O. The summed E-state index contributed by atoms with van der Waals surface area (Å²) in [6, 6.07) is 19.4. The van der Waals surface area contributed by atoms with E-state index in [9.17, 15) is 4.79 Å². The van der Waals surface area contributed by atoms with Gasteiger partial charge in [-0.1, -0.05) is 54.6 Å². The topological polar surface area (TPSA) is 47.2 Å². The molecule has 0 radical (unpaired) electrons. The smallest absolute Gasteiger partial charge is 0.258 e. The summed E-state index contributed by atoms with van der Waals surface area (Å²) in [4.78, 5) is 22.2. The van der Waals surface area contributed by atoms with E-state index in [0.29, 0.717) is 18.8 Å². The number of benzene rings is 2. The lowest BCUT2D eigenvalue weighted by atomic mass is 10.0. The van der Waals surface area contributed by atoms with Gasteiger partial charge in [0.15, 0.2) is 0 Å². The van der Waals surface area contributed by atoms with E-state index < -0.39 is 0 Å². The third-order valence-electron chi connectivity index (χ3n) is 4.22. The van der Waals surface area contributed by atoms with Gasteiger partial charge < -0.3 is 0 Å². The van der Waals surface area contributed by atoms with E-state index in [2.05, 4.69) is 11.6 Å². The highest BCUT2D eigenvalue weighted by atomic mass is 16.1. The highest BCUT2D eigenvalue weighted by Gasteiger charge is 2.20. The second-order valence-electron chi connectivity index (χ2n) is 5.88. The molecule has 4 rings (SSSR count). The maximum atomic E-state index is 12.8. The van der Waals surface area contributed by atoms with Crippen LogP contribution in [0.15, 0.2) is 83.1 Å². The SMILES string of the molecule is C=CCc1cc(=O)n2c(n1)CN=C(c1ccccc1)c1ccccc1-2. The Balaban J connectivity index is 1.97. The molecular weight excluding hydrogens is 310 g/mol. The number of rotatable bonds is 3. The largest absolute Gasteiger partial charge is 0.276 e. The fourth-order valence-electron chi connectivity index (χ4n) is 3.15. The van der Waals surface area contributed by atoms with Crippen LogP contribution in [0.4, 0.5) is 0 Å². The van der Waals surface area contributed by atoms with Gasteiger partial charge >= 0.3 is 0 Å². The van der Waals surface area contributed by atoms with E-state index in [-0.39, 0.29) is 5.56 Å². The van der Waals surface area contributed by atoms with Crippen molar-refractivity contribution in [3.8, 4) is 5.69 Å². The highest BCUT2D eigenvalue weighted by Crippen LogP contribution is 2.23. The van der Waals surface area contributed by atoms with Gasteiger partial charge in [0.1, 0.15) is 5.82 Å². The summed E-state index contributed by atoms with van der Waals surface area (Å²) in [5.74, 6) is 0.655. The third-order valence-corrected chi connectivity index (χ3v) is 4.22. The number of aromatic nitrogens is 2. The minimum absolute atomic E-state index is 0.0844. The predicted octanol–water partition coefficient (Wildman–Crippen LogP) is 3.31. The maximum absolute atomic E-state index is 12.8. The first-order valence-corrected chi connectivity index (χ1v) is 8.20. The summed E-state index contributed by atoms with van der Waals surface area (Å²) in [7, 11) is 0. The van der Waals surface area contributed by atoms with Gasteiger partial charge in [0.2, 0.25) is 0 Å². The van der Waals surface area contributed by atoms with Crippen LogP contribution in [0, 0.1) is 0 Å². The Bertz CT molecular complexity index is 1030. The summed E-state index contributed by atoms with van der Waals surface area (Å²) >= 11 is 0. The molecule has 0 saturated carbocycles. The molecule has 0 unspecified atom stereocenters. The van der Waals surface area contributed by atoms with Crippen LogP contribution in [0.3, 0.4) is 0 Å². The molecule has 0 bridgehead atoms. The molecule has 2 heterocycles. The Morgan fingerprint density at radius 1 is 1.08 bits per heavy atom. The van der Waals surface area contributed by atoms with E-state index in [4.69, 9.17) is 4.99 Å². The van der Waals surface area contributed by atoms with Crippen LogP contribution in [-0.4, -0.2) is 15.3 Å². The minimum Gasteiger partial charge on any atom is -0.276 e. The molecule has 0 fully saturated rings. The Morgan fingerprint density at radius 3 is 2.64 bits per heavy atom. The van der Waals surface area contributed by atoms with Gasteiger partial charge in [0, 0.05) is 23.6 Å². The van der Waals surface area contributed by atoms with Crippen molar-refractivity contribution in [2.45, 2.75) is 13.0 Å². The number of para-hydroxylation sites is 1. The maximum Gasteiger partial charge on any atom is 0.258 e. The number of aliphatic imine (C=N–C) groups is 1. The first kappa shape index (κ1) is 15.3. The molecule has 3 aromatic rings. The first-order chi connectivity index (χ1) is 12.3. The van der Waals surface area contributed by atoms with Gasteiger partial charge in [-0.2, -0.15) is 0 Å². The number of allylic oxidation sites excluding steroid dienone is 1. The van der Waals surface area contributed by atoms with Crippen molar-refractivity contribution in [3.05, 3.63) is 106 Å². The molecule has 122 valence electrons. The van der Waals surface area contributed by atoms with Crippen molar-refractivity contribution in [1.82, 2.24) is 9.55 Å². The zero-order chi connectivity index (χ0) is 17.2. The van der Waals surface area contributed by atoms with Crippen LogP contribution in [0.2, 0.25) is 0 Å². The second-order valence-corrected chi connectivity index (χ2v) is 5.88. The van der Waals surface area contributed by atoms with Gasteiger partial charge in [-0.15, -0.1) is 6.58 Å². The normalized spacial score (nSPS) is 12.6. The molecule has 0 amide bonds. The fraction of sp³-hybridized carbons (Fsp3) is 0.0952. The number of hydrogen-bond donors (Lipinski definition) is 0. The summed E-state index contributed by atoms with van der Waals surface area (Å²) in [6.45, 7) is 4.09. The standard InChI is InChI=1S/C21H17N3O/c1-2-8-16-13-20(25)24-18-12-7-6-11-17(18)21(22-14-19(24)23-16)15-9-4-3-5-10-15/h2-7,9-13H,1,8,14H2. The third kappa shape index (κ3) is 2.72. The van der Waals surface area contributed by atoms with Gasteiger partial charge in [-0.05, 0) is 6.07 Å². The van der Waals surface area contributed by atoms with Gasteiger partial charge in [-0.25, -0.2) is 4.98 Å². The highest BCUT2D eigenvalue weighted by molar-refractivity contribution is 6.15. The van der Waals surface area contributed by atoms with E-state index in [1.807, 2.05) is 54.6 Å². The van der Waals surface area contributed by atoms with Crippen molar-refractivity contribution < 1.29 is 0 Å². The molecule has 25 heavy (non-hydrogen) atoms. The Labute approximate surface area is 145 Å². The van der Waals surface area contributed by atoms with Crippen molar-refractivity contribution in [2.75, 3.05) is 0 Å². The number of hydrogen-bond acceptors (Lipinski definition) is 3. The van der Waals surface area contributed by atoms with Crippen LogP contribution in [0.1, 0.15) is 22.6 Å². The van der Waals surface area contributed by atoms with E-state index >= 15 is 0 Å². The summed E-state index contributed by atoms with van der Waals surface area (Å²) < 4.78 is 1.67. The number of nitrogens with zero attached hydrogens (tertiary/aromatic N) is 3. The lowest BCUT2D eigenvalue weighted by Crippen LogP contribution is -2.24. The lowest BCUT2D eigenvalue weighted by molar-refractivity contribution is 0.788. The number of fused-ring (bicyclic) bond motifs is 3. The Kier molecular flexibility index (Phi) is 3.86.